The molecule has 1 saturated carbocycles. The van der Waals surface area contributed by atoms with Gasteiger partial charge in [0.15, 0.2) is 0 Å². The Kier molecular flexibility index (Phi) is 5.07. The number of carboxylic acids is 1. The topological polar surface area (TPSA) is 69.6 Å². The standard InChI is InChI=1S/C14H20ClNO3S/c1-9(11-2-3-12(15)20-11)16-8-14(19)6-4-10(5-7-14)13(17)18/h2-3,9-10,16,19H,4-8H2,1H3,(H,17,18). The van der Waals surface area contributed by atoms with Gasteiger partial charge in [0.2, 0.25) is 0 Å². The van der Waals surface area contributed by atoms with Crippen molar-refractivity contribution >= 4 is 28.9 Å². The first-order valence-corrected chi connectivity index (χ1v) is 8.03. The molecular weight excluding hydrogens is 298 g/mol. The number of carboxylic acid groups (broad SMARTS) is 1. The van der Waals surface area contributed by atoms with Crippen LogP contribution in [0.15, 0.2) is 12.1 Å². The fourth-order valence-electron chi connectivity index (χ4n) is 2.58. The summed E-state index contributed by atoms with van der Waals surface area (Å²) in [6.07, 6.45) is 2.17. The summed E-state index contributed by atoms with van der Waals surface area (Å²) in [7, 11) is 0. The van der Waals surface area contributed by atoms with E-state index in [4.69, 9.17) is 16.7 Å². The Morgan fingerprint density at radius 1 is 1.55 bits per heavy atom. The predicted molar refractivity (Wildman–Crippen MR) is 80.3 cm³/mol. The molecule has 0 aliphatic heterocycles. The highest BCUT2D eigenvalue weighted by Gasteiger charge is 2.35. The van der Waals surface area contributed by atoms with Crippen molar-refractivity contribution in [3.8, 4) is 0 Å². The van der Waals surface area contributed by atoms with Gasteiger partial charge in [-0.25, -0.2) is 0 Å². The first-order chi connectivity index (χ1) is 9.39. The van der Waals surface area contributed by atoms with Gasteiger partial charge in [0.1, 0.15) is 0 Å². The lowest BCUT2D eigenvalue weighted by molar-refractivity contribution is -0.144. The number of hydrogen-bond acceptors (Lipinski definition) is 4. The smallest absolute Gasteiger partial charge is 0.306 e. The Morgan fingerprint density at radius 3 is 2.70 bits per heavy atom. The second-order valence-corrected chi connectivity index (χ2v) is 7.33. The molecule has 0 spiro atoms. The van der Waals surface area contributed by atoms with Crippen LogP contribution < -0.4 is 5.32 Å². The largest absolute Gasteiger partial charge is 0.481 e. The molecule has 1 aliphatic carbocycles. The van der Waals surface area contributed by atoms with Crippen LogP contribution in [-0.2, 0) is 4.79 Å². The van der Waals surface area contributed by atoms with Gasteiger partial charge in [-0.3, -0.25) is 4.79 Å². The molecule has 1 fully saturated rings. The van der Waals surface area contributed by atoms with Crippen LogP contribution in [0.5, 0.6) is 0 Å². The van der Waals surface area contributed by atoms with Gasteiger partial charge in [-0.1, -0.05) is 11.6 Å². The van der Waals surface area contributed by atoms with Gasteiger partial charge in [-0.05, 0) is 44.7 Å². The maximum atomic E-state index is 10.9. The van der Waals surface area contributed by atoms with Crippen LogP contribution in [0.2, 0.25) is 4.34 Å². The summed E-state index contributed by atoms with van der Waals surface area (Å²) in [4.78, 5) is 12.0. The SMILES string of the molecule is CC(NCC1(O)CCC(C(=O)O)CC1)c1ccc(Cl)s1. The lowest BCUT2D eigenvalue weighted by Crippen LogP contribution is -2.45. The van der Waals surface area contributed by atoms with Crippen molar-refractivity contribution in [2.75, 3.05) is 6.54 Å². The molecule has 0 radical (unpaired) electrons. The Bertz CT molecular complexity index is 469. The molecule has 1 aromatic heterocycles. The van der Waals surface area contributed by atoms with Crippen molar-refractivity contribution in [3.63, 3.8) is 0 Å². The summed E-state index contributed by atoms with van der Waals surface area (Å²) < 4.78 is 0.759. The van der Waals surface area contributed by atoms with Crippen LogP contribution in [0.4, 0.5) is 0 Å². The first-order valence-electron chi connectivity index (χ1n) is 6.83. The maximum absolute atomic E-state index is 10.9. The summed E-state index contributed by atoms with van der Waals surface area (Å²) >= 11 is 7.44. The van der Waals surface area contributed by atoms with Gasteiger partial charge in [0.25, 0.3) is 0 Å². The van der Waals surface area contributed by atoms with Crippen molar-refractivity contribution in [1.29, 1.82) is 0 Å². The zero-order valence-corrected chi connectivity index (χ0v) is 13.0. The molecule has 2 rings (SSSR count). The number of nitrogens with one attached hydrogen (secondary N) is 1. The van der Waals surface area contributed by atoms with Crippen molar-refractivity contribution in [2.45, 2.75) is 44.2 Å². The van der Waals surface area contributed by atoms with Gasteiger partial charge in [0.05, 0.1) is 15.9 Å². The van der Waals surface area contributed by atoms with Crippen molar-refractivity contribution in [2.24, 2.45) is 5.92 Å². The van der Waals surface area contributed by atoms with Gasteiger partial charge >= 0.3 is 5.97 Å². The molecule has 3 N–H and O–H groups in total. The number of aliphatic carboxylic acids is 1. The summed E-state index contributed by atoms with van der Waals surface area (Å²) in [6.45, 7) is 2.52. The van der Waals surface area contributed by atoms with E-state index in [1.807, 2.05) is 19.1 Å². The van der Waals surface area contributed by atoms with Gasteiger partial charge < -0.3 is 15.5 Å². The van der Waals surface area contributed by atoms with E-state index in [2.05, 4.69) is 5.32 Å². The average molecular weight is 318 g/mol. The monoisotopic (exact) mass is 317 g/mol. The number of rotatable bonds is 5. The average Bonchev–Trinajstić information content (AvgIpc) is 2.83. The van der Waals surface area contributed by atoms with E-state index in [0.717, 1.165) is 9.21 Å². The van der Waals surface area contributed by atoms with Gasteiger partial charge in [-0.15, -0.1) is 11.3 Å². The molecule has 20 heavy (non-hydrogen) atoms. The number of aliphatic hydroxyl groups is 1. The first kappa shape index (κ1) is 15.8. The lowest BCUT2D eigenvalue weighted by Gasteiger charge is -2.35. The van der Waals surface area contributed by atoms with Crippen molar-refractivity contribution < 1.29 is 15.0 Å². The summed E-state index contributed by atoms with van der Waals surface area (Å²) in [5.41, 5.74) is -0.790. The molecule has 1 aliphatic rings. The number of hydrogen-bond donors (Lipinski definition) is 3. The highest BCUT2D eigenvalue weighted by atomic mass is 35.5. The van der Waals surface area contributed by atoms with E-state index in [9.17, 15) is 9.90 Å². The van der Waals surface area contributed by atoms with E-state index >= 15 is 0 Å². The summed E-state index contributed by atoms with van der Waals surface area (Å²) in [6, 6.07) is 3.98. The van der Waals surface area contributed by atoms with E-state index in [1.54, 1.807) is 0 Å². The highest BCUT2D eigenvalue weighted by molar-refractivity contribution is 7.16. The third-order valence-electron chi connectivity index (χ3n) is 4.02. The second kappa shape index (κ2) is 6.43. The third kappa shape index (κ3) is 3.95. The van der Waals surface area contributed by atoms with Crippen LogP contribution >= 0.6 is 22.9 Å². The van der Waals surface area contributed by atoms with E-state index in [0.29, 0.717) is 32.2 Å². The maximum Gasteiger partial charge on any atom is 0.306 e. The van der Waals surface area contributed by atoms with Crippen molar-refractivity contribution in [1.82, 2.24) is 5.32 Å². The molecule has 112 valence electrons. The molecular formula is C14H20ClNO3S. The Morgan fingerprint density at radius 2 is 2.20 bits per heavy atom. The zero-order valence-electron chi connectivity index (χ0n) is 11.4. The minimum absolute atomic E-state index is 0.133. The molecule has 0 aromatic carbocycles. The minimum atomic E-state index is -0.790. The molecule has 1 heterocycles. The molecule has 4 nitrogen and oxygen atoms in total. The molecule has 0 bridgehead atoms. The quantitative estimate of drug-likeness (QED) is 0.780. The Hall–Kier alpha value is -0.620. The van der Waals surface area contributed by atoms with E-state index < -0.39 is 11.6 Å². The molecule has 0 amide bonds. The Balaban J connectivity index is 1.83. The Labute approximate surface area is 127 Å². The number of halogens is 1. The van der Waals surface area contributed by atoms with Gasteiger partial charge in [-0.2, -0.15) is 0 Å². The second-order valence-electron chi connectivity index (χ2n) is 5.58. The normalized spacial score (nSPS) is 28.2. The zero-order chi connectivity index (χ0) is 14.8. The van der Waals surface area contributed by atoms with Crippen LogP contribution in [0.25, 0.3) is 0 Å². The fraction of sp³-hybridized carbons (Fsp3) is 0.643. The van der Waals surface area contributed by atoms with Crippen LogP contribution in [0.3, 0.4) is 0 Å². The van der Waals surface area contributed by atoms with E-state index in [1.165, 1.54) is 11.3 Å². The molecule has 1 unspecified atom stereocenters. The fourth-order valence-corrected chi connectivity index (χ4v) is 3.67. The molecule has 6 heteroatoms. The minimum Gasteiger partial charge on any atom is -0.481 e. The predicted octanol–water partition coefficient (Wildman–Crippen LogP) is 3.06. The van der Waals surface area contributed by atoms with Crippen molar-refractivity contribution in [3.05, 3.63) is 21.3 Å². The lowest BCUT2D eigenvalue weighted by atomic mass is 9.78. The van der Waals surface area contributed by atoms with Gasteiger partial charge in [0, 0.05) is 17.5 Å². The highest BCUT2D eigenvalue weighted by Crippen LogP contribution is 2.33. The number of carbonyl (C=O) groups is 1. The molecule has 0 saturated heterocycles. The van der Waals surface area contributed by atoms with Crippen LogP contribution in [0.1, 0.15) is 43.5 Å². The molecule has 1 aromatic rings. The summed E-state index contributed by atoms with van der Waals surface area (Å²) in [5, 5.41) is 22.8. The van der Waals surface area contributed by atoms with Crippen LogP contribution in [0, 0.1) is 5.92 Å². The third-order valence-corrected chi connectivity index (χ3v) is 5.44. The molecule has 1 atom stereocenters. The summed E-state index contributed by atoms with van der Waals surface area (Å²) in [5.74, 6) is -1.05. The number of thiophene rings is 1. The van der Waals surface area contributed by atoms with Crippen LogP contribution in [-0.4, -0.2) is 28.3 Å². The van der Waals surface area contributed by atoms with E-state index in [-0.39, 0.29) is 12.0 Å².